The number of aromatic nitrogens is 4. The second-order valence-corrected chi connectivity index (χ2v) is 5.15. The molecule has 0 N–H and O–H groups in total. The standard InChI is InChI=1S/C15H12N8O2/c1-10-17-14(9-21(10)2)18-19-15-11(7-16)8-22(20-15)12-3-5-13(6-4-12)23(24)25/h3-6,8-9H,1-2H3. The van der Waals surface area contributed by atoms with Crippen LogP contribution in [0.2, 0.25) is 0 Å². The number of nitriles is 1. The van der Waals surface area contributed by atoms with Crippen LogP contribution in [0.5, 0.6) is 0 Å². The van der Waals surface area contributed by atoms with E-state index in [0.29, 0.717) is 11.5 Å². The van der Waals surface area contributed by atoms with E-state index >= 15 is 0 Å². The summed E-state index contributed by atoms with van der Waals surface area (Å²) in [6, 6.07) is 7.80. The summed E-state index contributed by atoms with van der Waals surface area (Å²) in [7, 11) is 1.84. The molecule has 3 rings (SSSR count). The maximum atomic E-state index is 10.7. The first kappa shape index (κ1) is 16.0. The molecule has 0 bridgehead atoms. The lowest BCUT2D eigenvalue weighted by atomic mass is 10.3. The van der Waals surface area contributed by atoms with E-state index in [1.807, 2.05) is 20.0 Å². The van der Waals surface area contributed by atoms with E-state index < -0.39 is 4.92 Å². The number of hydrogen-bond donors (Lipinski definition) is 0. The summed E-state index contributed by atoms with van der Waals surface area (Å²) >= 11 is 0. The van der Waals surface area contributed by atoms with Crippen molar-refractivity contribution in [3.05, 3.63) is 58.2 Å². The number of nitro groups is 1. The number of aryl methyl sites for hydroxylation is 2. The molecule has 0 saturated heterocycles. The number of hydrogen-bond acceptors (Lipinski definition) is 7. The van der Waals surface area contributed by atoms with Crippen molar-refractivity contribution in [3.8, 4) is 11.8 Å². The molecule has 0 amide bonds. The minimum atomic E-state index is -0.484. The van der Waals surface area contributed by atoms with E-state index in [2.05, 4.69) is 20.3 Å². The third-order valence-corrected chi connectivity index (χ3v) is 3.48. The van der Waals surface area contributed by atoms with E-state index in [9.17, 15) is 15.4 Å². The van der Waals surface area contributed by atoms with Gasteiger partial charge in [-0.15, -0.1) is 15.3 Å². The molecule has 0 aliphatic rings. The molecule has 0 fully saturated rings. The maximum Gasteiger partial charge on any atom is 0.269 e. The third-order valence-electron chi connectivity index (χ3n) is 3.48. The smallest absolute Gasteiger partial charge is 0.269 e. The first-order valence-electron chi connectivity index (χ1n) is 7.14. The number of benzene rings is 1. The fourth-order valence-corrected chi connectivity index (χ4v) is 2.06. The fourth-order valence-electron chi connectivity index (χ4n) is 2.06. The van der Waals surface area contributed by atoms with Crippen LogP contribution in [0.1, 0.15) is 11.4 Å². The normalized spacial score (nSPS) is 10.9. The van der Waals surface area contributed by atoms with Gasteiger partial charge >= 0.3 is 0 Å². The number of nitrogens with zero attached hydrogens (tertiary/aromatic N) is 8. The van der Waals surface area contributed by atoms with E-state index in [0.717, 1.165) is 5.82 Å². The Labute approximate surface area is 141 Å². The average molecular weight is 336 g/mol. The Kier molecular flexibility index (Phi) is 4.05. The Morgan fingerprint density at radius 2 is 1.96 bits per heavy atom. The Morgan fingerprint density at radius 1 is 1.24 bits per heavy atom. The van der Waals surface area contributed by atoms with Crippen LogP contribution in [0.3, 0.4) is 0 Å². The van der Waals surface area contributed by atoms with Crippen LogP contribution in [0, 0.1) is 28.4 Å². The van der Waals surface area contributed by atoms with Gasteiger partial charge in [0, 0.05) is 19.2 Å². The van der Waals surface area contributed by atoms with Crippen LogP contribution < -0.4 is 0 Å². The molecular formula is C15H12N8O2. The van der Waals surface area contributed by atoms with Gasteiger partial charge in [-0.25, -0.2) is 9.67 Å². The average Bonchev–Trinajstić information content (AvgIpc) is 3.16. The quantitative estimate of drug-likeness (QED) is 0.411. The molecule has 0 spiro atoms. The van der Waals surface area contributed by atoms with Crippen molar-refractivity contribution in [3.63, 3.8) is 0 Å². The van der Waals surface area contributed by atoms with Gasteiger partial charge in [0.15, 0.2) is 5.82 Å². The Hall–Kier alpha value is -3.87. The molecule has 2 heterocycles. The molecule has 2 aromatic heterocycles. The van der Waals surface area contributed by atoms with E-state index in [-0.39, 0.29) is 17.1 Å². The molecule has 1 aromatic carbocycles. The van der Waals surface area contributed by atoms with Crippen LogP contribution in [0.4, 0.5) is 17.3 Å². The van der Waals surface area contributed by atoms with Gasteiger partial charge in [0.1, 0.15) is 17.5 Å². The zero-order valence-corrected chi connectivity index (χ0v) is 13.4. The summed E-state index contributed by atoms with van der Waals surface area (Å²) in [4.78, 5) is 14.4. The highest BCUT2D eigenvalue weighted by Crippen LogP contribution is 2.22. The molecule has 0 radical (unpaired) electrons. The molecule has 0 saturated carbocycles. The summed E-state index contributed by atoms with van der Waals surface area (Å²) < 4.78 is 3.22. The first-order chi connectivity index (χ1) is 12.0. The van der Waals surface area contributed by atoms with Gasteiger partial charge in [-0.3, -0.25) is 10.1 Å². The van der Waals surface area contributed by atoms with Gasteiger partial charge in [-0.1, -0.05) is 0 Å². The van der Waals surface area contributed by atoms with Crippen molar-refractivity contribution in [1.82, 2.24) is 19.3 Å². The minimum absolute atomic E-state index is 0.0261. The minimum Gasteiger partial charge on any atom is -0.336 e. The SMILES string of the molecule is Cc1nc(N=Nc2nn(-c3ccc([N+](=O)[O-])cc3)cc2C#N)cn1C. The molecular weight excluding hydrogens is 324 g/mol. The second kappa shape index (κ2) is 6.32. The number of rotatable bonds is 4. The van der Waals surface area contributed by atoms with Crippen molar-refractivity contribution in [1.29, 1.82) is 5.26 Å². The molecule has 0 atom stereocenters. The van der Waals surface area contributed by atoms with Gasteiger partial charge in [0.2, 0.25) is 5.82 Å². The van der Waals surface area contributed by atoms with E-state index in [1.54, 1.807) is 10.8 Å². The molecule has 10 nitrogen and oxygen atoms in total. The van der Waals surface area contributed by atoms with Gasteiger partial charge < -0.3 is 4.57 Å². The predicted molar refractivity (Wildman–Crippen MR) is 87.1 cm³/mol. The predicted octanol–water partition coefficient (Wildman–Crippen LogP) is 3.11. The van der Waals surface area contributed by atoms with Crippen molar-refractivity contribution in [2.24, 2.45) is 17.3 Å². The lowest BCUT2D eigenvalue weighted by Crippen LogP contribution is -1.95. The molecule has 0 unspecified atom stereocenters. The Morgan fingerprint density at radius 3 is 2.52 bits per heavy atom. The summed E-state index contributed by atoms with van der Waals surface area (Å²) in [5.74, 6) is 1.34. The summed E-state index contributed by atoms with van der Waals surface area (Å²) in [6.07, 6.45) is 3.19. The zero-order valence-electron chi connectivity index (χ0n) is 13.4. The highest BCUT2D eigenvalue weighted by molar-refractivity contribution is 5.49. The van der Waals surface area contributed by atoms with Crippen molar-refractivity contribution in [2.75, 3.05) is 0 Å². The van der Waals surface area contributed by atoms with Crippen molar-refractivity contribution < 1.29 is 4.92 Å². The van der Waals surface area contributed by atoms with Crippen molar-refractivity contribution >= 4 is 17.3 Å². The maximum absolute atomic E-state index is 10.7. The second-order valence-electron chi connectivity index (χ2n) is 5.15. The highest BCUT2D eigenvalue weighted by atomic mass is 16.6. The van der Waals surface area contributed by atoms with Crippen LogP contribution in [0.25, 0.3) is 5.69 Å². The zero-order chi connectivity index (χ0) is 18.0. The monoisotopic (exact) mass is 336 g/mol. The van der Waals surface area contributed by atoms with Crippen LogP contribution in [-0.2, 0) is 7.05 Å². The van der Waals surface area contributed by atoms with E-state index in [4.69, 9.17) is 0 Å². The molecule has 25 heavy (non-hydrogen) atoms. The van der Waals surface area contributed by atoms with Crippen LogP contribution >= 0.6 is 0 Å². The number of azo groups is 1. The van der Waals surface area contributed by atoms with Gasteiger partial charge in [0.05, 0.1) is 23.0 Å². The highest BCUT2D eigenvalue weighted by Gasteiger charge is 2.11. The summed E-state index contributed by atoms with van der Waals surface area (Å²) in [6.45, 7) is 1.84. The number of imidazole rings is 1. The lowest BCUT2D eigenvalue weighted by molar-refractivity contribution is -0.384. The molecule has 0 aliphatic carbocycles. The first-order valence-corrected chi connectivity index (χ1v) is 7.14. The summed E-state index contributed by atoms with van der Waals surface area (Å²) in [5, 5.41) is 32.1. The fraction of sp³-hybridized carbons (Fsp3) is 0.133. The topological polar surface area (TPSA) is 127 Å². The molecule has 0 aliphatic heterocycles. The Bertz CT molecular complexity index is 988. The number of non-ortho nitro benzene ring substituents is 1. The lowest BCUT2D eigenvalue weighted by Gasteiger charge is -1.99. The molecule has 3 aromatic rings. The van der Waals surface area contributed by atoms with Gasteiger partial charge in [-0.05, 0) is 19.1 Å². The van der Waals surface area contributed by atoms with Crippen LogP contribution in [0.15, 0.2) is 46.9 Å². The van der Waals surface area contributed by atoms with Crippen molar-refractivity contribution in [2.45, 2.75) is 6.92 Å². The van der Waals surface area contributed by atoms with Gasteiger partial charge in [-0.2, -0.15) is 5.26 Å². The van der Waals surface area contributed by atoms with Crippen LogP contribution in [-0.4, -0.2) is 24.3 Å². The van der Waals surface area contributed by atoms with Gasteiger partial charge in [0.25, 0.3) is 5.69 Å². The van der Waals surface area contributed by atoms with E-state index in [1.165, 1.54) is 35.1 Å². The number of nitro benzene ring substituents is 1. The molecule has 10 heteroatoms. The Balaban J connectivity index is 1.91. The third kappa shape index (κ3) is 3.25. The largest absolute Gasteiger partial charge is 0.336 e. The molecule has 124 valence electrons. The summed E-state index contributed by atoms with van der Waals surface area (Å²) in [5.41, 5.74) is 0.772.